The number of hydrogen-bond donors (Lipinski definition) is 1. The third kappa shape index (κ3) is 2.40. The highest BCUT2D eigenvalue weighted by Gasteiger charge is 2.31. The molecule has 2 aromatic rings. The summed E-state index contributed by atoms with van der Waals surface area (Å²) >= 11 is 0. The molecule has 0 radical (unpaired) electrons. The number of hydrogen-bond acceptors (Lipinski definition) is 2. The normalized spacial score (nSPS) is 18.4. The van der Waals surface area contributed by atoms with Gasteiger partial charge in [0.25, 0.3) is 0 Å². The van der Waals surface area contributed by atoms with Crippen LogP contribution < -0.4 is 10.2 Å². The molecule has 0 bridgehead atoms. The largest absolute Gasteiger partial charge is 0.368 e. The molecule has 3 rings (SSSR count). The van der Waals surface area contributed by atoms with Crippen molar-refractivity contribution in [3.05, 3.63) is 42.5 Å². The molecular weight excluding hydrogens is 244 g/mol. The van der Waals surface area contributed by atoms with Crippen molar-refractivity contribution in [2.24, 2.45) is 0 Å². The van der Waals surface area contributed by atoms with Crippen LogP contribution in [0.4, 0.5) is 5.69 Å². The lowest BCUT2D eigenvalue weighted by atomic mass is 9.90. The van der Waals surface area contributed by atoms with Crippen molar-refractivity contribution < 1.29 is 0 Å². The van der Waals surface area contributed by atoms with Gasteiger partial charge < -0.3 is 10.2 Å². The van der Waals surface area contributed by atoms with Gasteiger partial charge in [0, 0.05) is 30.9 Å². The van der Waals surface area contributed by atoms with Crippen LogP contribution in [-0.4, -0.2) is 25.2 Å². The highest BCUT2D eigenvalue weighted by atomic mass is 15.2. The van der Waals surface area contributed by atoms with Crippen molar-refractivity contribution >= 4 is 16.5 Å². The minimum absolute atomic E-state index is 0.282. The quantitative estimate of drug-likeness (QED) is 0.910. The SMILES string of the molecule is CCC1(CC)CN(c2ccc3ccccc3c2)CCN1. The smallest absolute Gasteiger partial charge is 0.0373 e. The summed E-state index contributed by atoms with van der Waals surface area (Å²) in [4.78, 5) is 2.54. The number of piperazine rings is 1. The van der Waals surface area contributed by atoms with Gasteiger partial charge in [0.1, 0.15) is 0 Å². The Bertz CT molecular complexity index is 587. The van der Waals surface area contributed by atoms with Crippen LogP contribution in [0.5, 0.6) is 0 Å². The van der Waals surface area contributed by atoms with Gasteiger partial charge in [-0.05, 0) is 35.7 Å². The molecule has 0 aromatic heterocycles. The fourth-order valence-electron chi connectivity index (χ4n) is 3.27. The Morgan fingerprint density at radius 2 is 1.80 bits per heavy atom. The van der Waals surface area contributed by atoms with Crippen LogP contribution in [0.2, 0.25) is 0 Å². The van der Waals surface area contributed by atoms with Gasteiger partial charge >= 0.3 is 0 Å². The molecule has 0 saturated carbocycles. The molecule has 1 N–H and O–H groups in total. The van der Waals surface area contributed by atoms with Crippen LogP contribution in [0.25, 0.3) is 10.8 Å². The van der Waals surface area contributed by atoms with E-state index >= 15 is 0 Å². The average molecular weight is 268 g/mol. The van der Waals surface area contributed by atoms with Crippen molar-refractivity contribution in [1.82, 2.24) is 5.32 Å². The number of anilines is 1. The first-order valence-corrected chi connectivity index (χ1v) is 7.75. The predicted molar refractivity (Wildman–Crippen MR) is 87.5 cm³/mol. The zero-order valence-electron chi connectivity index (χ0n) is 12.5. The summed E-state index contributed by atoms with van der Waals surface area (Å²) in [5.74, 6) is 0. The lowest BCUT2D eigenvalue weighted by Crippen LogP contribution is -2.60. The van der Waals surface area contributed by atoms with Crippen LogP contribution in [0.15, 0.2) is 42.5 Å². The van der Waals surface area contributed by atoms with Crippen LogP contribution >= 0.6 is 0 Å². The van der Waals surface area contributed by atoms with Gasteiger partial charge in [-0.3, -0.25) is 0 Å². The number of benzene rings is 2. The fraction of sp³-hybridized carbons (Fsp3) is 0.444. The molecule has 0 atom stereocenters. The van der Waals surface area contributed by atoms with E-state index < -0.39 is 0 Å². The summed E-state index contributed by atoms with van der Waals surface area (Å²) in [5, 5.41) is 6.39. The molecule has 1 saturated heterocycles. The summed E-state index contributed by atoms with van der Waals surface area (Å²) in [6.45, 7) is 7.87. The monoisotopic (exact) mass is 268 g/mol. The predicted octanol–water partition coefficient (Wildman–Crippen LogP) is 3.81. The molecule has 2 heteroatoms. The Labute approximate surface area is 121 Å². The minimum Gasteiger partial charge on any atom is -0.368 e. The first-order valence-electron chi connectivity index (χ1n) is 7.75. The van der Waals surface area contributed by atoms with Crippen LogP contribution in [0.3, 0.4) is 0 Å². The lowest BCUT2D eigenvalue weighted by molar-refractivity contribution is 0.277. The maximum Gasteiger partial charge on any atom is 0.0373 e. The van der Waals surface area contributed by atoms with Crippen molar-refractivity contribution in [1.29, 1.82) is 0 Å². The van der Waals surface area contributed by atoms with E-state index in [1.165, 1.54) is 29.3 Å². The van der Waals surface area contributed by atoms with E-state index in [9.17, 15) is 0 Å². The summed E-state index contributed by atoms with van der Waals surface area (Å²) in [5.41, 5.74) is 1.64. The second-order valence-electron chi connectivity index (χ2n) is 5.87. The van der Waals surface area contributed by atoms with Crippen molar-refractivity contribution in [3.8, 4) is 0 Å². The highest BCUT2D eigenvalue weighted by Crippen LogP contribution is 2.27. The molecule has 2 nitrogen and oxygen atoms in total. The minimum atomic E-state index is 0.282. The average Bonchev–Trinajstić information content (AvgIpc) is 2.54. The molecule has 1 aliphatic rings. The van der Waals surface area contributed by atoms with E-state index in [2.05, 4.69) is 66.5 Å². The summed E-state index contributed by atoms with van der Waals surface area (Å²) in [6, 6.07) is 15.4. The number of fused-ring (bicyclic) bond motifs is 1. The Balaban J connectivity index is 1.90. The molecule has 20 heavy (non-hydrogen) atoms. The molecule has 106 valence electrons. The Kier molecular flexibility index (Phi) is 3.66. The molecule has 1 fully saturated rings. The van der Waals surface area contributed by atoms with Crippen LogP contribution in [-0.2, 0) is 0 Å². The number of nitrogens with zero attached hydrogens (tertiary/aromatic N) is 1. The first kappa shape index (κ1) is 13.4. The van der Waals surface area contributed by atoms with Crippen molar-refractivity contribution in [2.45, 2.75) is 32.2 Å². The van der Waals surface area contributed by atoms with E-state index in [-0.39, 0.29) is 5.54 Å². The lowest BCUT2D eigenvalue weighted by Gasteiger charge is -2.44. The maximum absolute atomic E-state index is 3.73. The van der Waals surface area contributed by atoms with Crippen LogP contribution in [0.1, 0.15) is 26.7 Å². The molecule has 0 unspecified atom stereocenters. The highest BCUT2D eigenvalue weighted by molar-refractivity contribution is 5.85. The van der Waals surface area contributed by atoms with E-state index in [0.717, 1.165) is 19.6 Å². The van der Waals surface area contributed by atoms with Gasteiger partial charge in [0.15, 0.2) is 0 Å². The standard InChI is InChI=1S/C18H24N2/c1-3-18(4-2)14-20(12-11-19-18)17-10-9-15-7-5-6-8-16(15)13-17/h5-10,13,19H,3-4,11-12,14H2,1-2H3. The first-order chi connectivity index (χ1) is 9.76. The Morgan fingerprint density at radius 1 is 1.05 bits per heavy atom. The molecule has 1 aliphatic heterocycles. The third-order valence-corrected chi connectivity index (χ3v) is 4.83. The van der Waals surface area contributed by atoms with E-state index in [1.807, 2.05) is 0 Å². The van der Waals surface area contributed by atoms with E-state index in [0.29, 0.717) is 0 Å². The molecule has 2 aromatic carbocycles. The van der Waals surface area contributed by atoms with E-state index in [1.54, 1.807) is 0 Å². The molecular formula is C18H24N2. The second-order valence-corrected chi connectivity index (χ2v) is 5.87. The maximum atomic E-state index is 3.73. The summed E-state index contributed by atoms with van der Waals surface area (Å²) in [7, 11) is 0. The summed E-state index contributed by atoms with van der Waals surface area (Å²) < 4.78 is 0. The van der Waals surface area contributed by atoms with Gasteiger partial charge in [-0.25, -0.2) is 0 Å². The van der Waals surface area contributed by atoms with Crippen molar-refractivity contribution in [3.63, 3.8) is 0 Å². The zero-order valence-corrected chi connectivity index (χ0v) is 12.5. The number of nitrogens with one attached hydrogen (secondary N) is 1. The fourth-order valence-corrected chi connectivity index (χ4v) is 3.27. The van der Waals surface area contributed by atoms with Gasteiger partial charge in [0.2, 0.25) is 0 Å². The zero-order chi connectivity index (χ0) is 14.0. The topological polar surface area (TPSA) is 15.3 Å². The van der Waals surface area contributed by atoms with Gasteiger partial charge in [-0.2, -0.15) is 0 Å². The van der Waals surface area contributed by atoms with Crippen molar-refractivity contribution in [2.75, 3.05) is 24.5 Å². The van der Waals surface area contributed by atoms with Crippen LogP contribution in [0, 0.1) is 0 Å². The van der Waals surface area contributed by atoms with E-state index in [4.69, 9.17) is 0 Å². The Morgan fingerprint density at radius 3 is 2.55 bits per heavy atom. The molecule has 0 aliphatic carbocycles. The van der Waals surface area contributed by atoms with Gasteiger partial charge in [0.05, 0.1) is 0 Å². The number of rotatable bonds is 3. The van der Waals surface area contributed by atoms with Gasteiger partial charge in [-0.15, -0.1) is 0 Å². The third-order valence-electron chi connectivity index (χ3n) is 4.83. The molecule has 0 amide bonds. The van der Waals surface area contributed by atoms with Gasteiger partial charge in [-0.1, -0.05) is 44.2 Å². The Hall–Kier alpha value is -1.54. The molecule has 1 heterocycles. The second kappa shape index (κ2) is 5.45. The summed E-state index contributed by atoms with van der Waals surface area (Å²) in [6.07, 6.45) is 2.38. The molecule has 0 spiro atoms.